The molecule has 0 radical (unpaired) electrons. The molecule has 0 amide bonds. The molecule has 2 unspecified atom stereocenters. The zero-order valence-electron chi connectivity index (χ0n) is 12.6. The fourth-order valence-electron chi connectivity index (χ4n) is 2.37. The molecule has 0 fully saturated rings. The van der Waals surface area contributed by atoms with Crippen LogP contribution < -0.4 is 0 Å². The topological polar surface area (TPSA) is 3.24 Å². The van der Waals surface area contributed by atoms with Crippen LogP contribution in [0.3, 0.4) is 0 Å². The molecule has 1 aliphatic rings. The summed E-state index contributed by atoms with van der Waals surface area (Å²) in [6, 6.07) is 0. The summed E-state index contributed by atoms with van der Waals surface area (Å²) in [7, 11) is 4.45. The first-order valence-electron chi connectivity index (χ1n) is 6.21. The van der Waals surface area contributed by atoms with Crippen LogP contribution in [-0.4, -0.2) is 23.3 Å². The smallest absolute Gasteiger partial charge is 0.147 e. The van der Waals surface area contributed by atoms with Gasteiger partial charge in [0.2, 0.25) is 0 Å². The Labute approximate surface area is 134 Å². The van der Waals surface area contributed by atoms with E-state index in [1.54, 1.807) is 20.6 Å². The summed E-state index contributed by atoms with van der Waals surface area (Å²) in [5.41, 5.74) is 4.76. The Balaban J connectivity index is 0. The molecule has 1 rings (SSSR count). The maximum absolute atomic E-state index is 2.41. The van der Waals surface area contributed by atoms with Crippen LogP contribution in [-0.2, 0) is 19.2 Å². The van der Waals surface area contributed by atoms with E-state index in [2.05, 4.69) is 53.6 Å². The SMILES string of the molecule is CC[CH]([Ti][C]1=C(C)C(C)=C(C)C1C)N(C)C.Cl.Cl. The minimum absolute atomic E-state index is 0. The van der Waals surface area contributed by atoms with Crippen LogP contribution in [0.2, 0.25) is 0 Å². The van der Waals surface area contributed by atoms with Crippen LogP contribution in [0.1, 0.15) is 41.0 Å². The number of halogens is 2. The van der Waals surface area contributed by atoms with Crippen molar-refractivity contribution in [3.63, 3.8) is 0 Å². The van der Waals surface area contributed by atoms with Crippen molar-refractivity contribution in [3.05, 3.63) is 20.6 Å². The Morgan fingerprint density at radius 3 is 1.89 bits per heavy atom. The Hall–Kier alpha value is 0.734. The maximum Gasteiger partial charge on any atom is -0.147 e. The van der Waals surface area contributed by atoms with E-state index < -0.39 is 0 Å². The van der Waals surface area contributed by atoms with Gasteiger partial charge in [-0.15, -0.1) is 24.8 Å². The summed E-state index contributed by atoms with van der Waals surface area (Å²) in [5, 5.41) is 0. The minimum atomic E-state index is -0.00361. The zero-order valence-corrected chi connectivity index (χ0v) is 15.8. The monoisotopic (exact) mass is 327 g/mol. The van der Waals surface area contributed by atoms with Gasteiger partial charge in [-0.2, -0.15) is 0 Å². The predicted octanol–water partition coefficient (Wildman–Crippen LogP) is 4.47. The summed E-state index contributed by atoms with van der Waals surface area (Å²) < 4.78 is 2.60. The van der Waals surface area contributed by atoms with Gasteiger partial charge in [-0.25, -0.2) is 0 Å². The fraction of sp³-hybridized carbons (Fsp3) is 0.714. The molecule has 0 heterocycles. The molecule has 18 heavy (non-hydrogen) atoms. The van der Waals surface area contributed by atoms with Gasteiger partial charge in [0.05, 0.1) is 0 Å². The van der Waals surface area contributed by atoms with E-state index in [1.165, 1.54) is 6.42 Å². The largest absolute Gasteiger partial charge is 0.147 e. The Kier molecular flexibility index (Phi) is 10.3. The van der Waals surface area contributed by atoms with Gasteiger partial charge in [-0.3, -0.25) is 0 Å². The first kappa shape index (κ1) is 21.0. The molecule has 0 aliphatic heterocycles. The van der Waals surface area contributed by atoms with Gasteiger partial charge in [0, 0.05) is 0 Å². The number of nitrogens with zero attached hydrogens (tertiary/aromatic N) is 1. The fourth-order valence-corrected chi connectivity index (χ4v) is 5.01. The van der Waals surface area contributed by atoms with Crippen LogP contribution in [0.25, 0.3) is 0 Å². The molecule has 0 aromatic heterocycles. The van der Waals surface area contributed by atoms with Crippen LogP contribution in [0.15, 0.2) is 20.6 Å². The molecule has 0 spiro atoms. The van der Waals surface area contributed by atoms with Crippen LogP contribution in [0, 0.1) is 5.92 Å². The van der Waals surface area contributed by atoms with Crippen molar-refractivity contribution >= 4 is 24.8 Å². The number of rotatable bonds is 4. The average Bonchev–Trinajstić information content (AvgIpc) is 2.41. The molecular formula is C14H27Cl2NTi. The van der Waals surface area contributed by atoms with Gasteiger partial charge in [0.25, 0.3) is 0 Å². The molecular weight excluding hydrogens is 301 g/mol. The van der Waals surface area contributed by atoms with Crippen molar-refractivity contribution in [2.75, 3.05) is 14.1 Å². The first-order valence-corrected chi connectivity index (χ1v) is 7.89. The van der Waals surface area contributed by atoms with E-state index in [4.69, 9.17) is 0 Å². The van der Waals surface area contributed by atoms with Crippen LogP contribution in [0.5, 0.6) is 0 Å². The van der Waals surface area contributed by atoms with E-state index >= 15 is 0 Å². The second-order valence-electron chi connectivity index (χ2n) is 5.10. The van der Waals surface area contributed by atoms with Gasteiger partial charge in [-0.05, 0) is 0 Å². The van der Waals surface area contributed by atoms with Crippen molar-refractivity contribution in [3.8, 4) is 0 Å². The zero-order chi connectivity index (χ0) is 12.5. The van der Waals surface area contributed by atoms with Crippen LogP contribution >= 0.6 is 24.8 Å². The van der Waals surface area contributed by atoms with E-state index in [0.717, 1.165) is 4.35 Å². The Morgan fingerprint density at radius 1 is 1.11 bits per heavy atom. The third-order valence-electron chi connectivity index (χ3n) is 3.97. The summed E-state index contributed by atoms with van der Waals surface area (Å²) in [4.78, 5) is 2.41. The van der Waals surface area contributed by atoms with Crippen molar-refractivity contribution in [1.82, 2.24) is 4.90 Å². The molecule has 0 saturated carbocycles. The summed E-state index contributed by atoms with van der Waals surface area (Å²) in [5.74, 6) is 0.717. The molecule has 0 bridgehead atoms. The summed E-state index contributed by atoms with van der Waals surface area (Å²) in [6.07, 6.45) is 1.29. The van der Waals surface area contributed by atoms with Crippen LogP contribution in [0.4, 0.5) is 0 Å². The van der Waals surface area contributed by atoms with Gasteiger partial charge >= 0.3 is 110 Å². The van der Waals surface area contributed by atoms with E-state index in [1.807, 2.05) is 0 Å². The number of hydrogen-bond acceptors (Lipinski definition) is 1. The molecule has 0 N–H and O–H groups in total. The summed E-state index contributed by atoms with van der Waals surface area (Å²) in [6.45, 7) is 11.6. The second kappa shape index (κ2) is 8.82. The van der Waals surface area contributed by atoms with E-state index in [0.29, 0.717) is 5.92 Å². The molecule has 0 aromatic rings. The molecule has 2 atom stereocenters. The van der Waals surface area contributed by atoms with Crippen molar-refractivity contribution in [2.24, 2.45) is 5.92 Å². The van der Waals surface area contributed by atoms with Gasteiger partial charge in [-0.1, -0.05) is 0 Å². The molecule has 4 heteroatoms. The normalized spacial score (nSPS) is 20.8. The first-order chi connectivity index (χ1) is 7.40. The molecule has 0 saturated heterocycles. The average molecular weight is 328 g/mol. The minimum Gasteiger partial charge on any atom is -0.147 e. The van der Waals surface area contributed by atoms with Crippen molar-refractivity contribution in [2.45, 2.75) is 45.4 Å². The van der Waals surface area contributed by atoms with E-state index in [-0.39, 0.29) is 44.0 Å². The number of hydrogen-bond donors (Lipinski definition) is 0. The Bertz CT molecular complexity index is 335. The third-order valence-corrected chi connectivity index (χ3v) is 7.68. The summed E-state index contributed by atoms with van der Waals surface area (Å²) >= 11 is -0.00361. The van der Waals surface area contributed by atoms with Gasteiger partial charge < -0.3 is 0 Å². The van der Waals surface area contributed by atoms with Gasteiger partial charge in [0.1, 0.15) is 0 Å². The third kappa shape index (κ3) is 4.39. The van der Waals surface area contributed by atoms with Gasteiger partial charge in [0.15, 0.2) is 0 Å². The quantitative estimate of drug-likeness (QED) is 0.688. The number of allylic oxidation sites excluding steroid dienone is 4. The standard InChI is InChI=1S/C9H13.C5H12N.2ClH.Ti/c1-6-5-7(2)9(4)8(6)3;1-4-5-6(2)3;;;/h6H,1-4H3;5H,4H2,1-3H3;2*1H;. The maximum atomic E-state index is 2.41. The predicted molar refractivity (Wildman–Crippen MR) is 82.5 cm³/mol. The van der Waals surface area contributed by atoms with Crippen molar-refractivity contribution in [1.29, 1.82) is 0 Å². The molecule has 0 aromatic carbocycles. The molecule has 1 nitrogen and oxygen atoms in total. The Morgan fingerprint density at radius 2 is 1.61 bits per heavy atom. The van der Waals surface area contributed by atoms with E-state index in [9.17, 15) is 0 Å². The molecule has 106 valence electrons. The second-order valence-corrected chi connectivity index (χ2v) is 7.43. The van der Waals surface area contributed by atoms with Crippen molar-refractivity contribution < 1.29 is 19.2 Å². The molecule has 1 aliphatic carbocycles.